The molecule has 2 N–H and O–H groups in total. The Kier molecular flexibility index (Phi) is 6.59. The molecule has 0 unspecified atom stereocenters. The number of rotatable bonds is 6. The molecule has 0 aliphatic rings. The van der Waals surface area contributed by atoms with Gasteiger partial charge in [0.05, 0.1) is 5.02 Å². The minimum absolute atomic E-state index is 0.0543. The average Bonchev–Trinajstić information content (AvgIpc) is 2.60. The molecule has 2 aromatic carbocycles. The largest absolute Gasteiger partial charge is 0.482 e. The Labute approximate surface area is 148 Å². The van der Waals surface area contributed by atoms with E-state index in [-0.39, 0.29) is 12.4 Å². The highest BCUT2D eigenvalue weighted by Gasteiger charge is 2.09. The Balaban J connectivity index is 1.71. The first kappa shape index (κ1) is 18.5. The predicted octanol–water partition coefficient (Wildman–Crippen LogP) is 2.39. The zero-order chi connectivity index (χ0) is 18.2. The Morgan fingerprint density at radius 3 is 2.24 bits per heavy atom. The zero-order valence-corrected chi connectivity index (χ0v) is 14.1. The second-order valence-corrected chi connectivity index (χ2v) is 5.45. The normalized spacial score (nSPS) is 10.0. The number of benzene rings is 2. The van der Waals surface area contributed by atoms with Gasteiger partial charge in [0.2, 0.25) is 0 Å². The fraction of sp³-hybridized carbons (Fsp3) is 0.176. The Morgan fingerprint density at radius 1 is 1.00 bits per heavy atom. The molecule has 0 bridgehead atoms. The molecular formula is C17H16ClFN2O4. The molecule has 0 aromatic heterocycles. The van der Waals surface area contributed by atoms with Crippen LogP contribution in [0.25, 0.3) is 0 Å². The van der Waals surface area contributed by atoms with E-state index in [0.29, 0.717) is 10.8 Å². The van der Waals surface area contributed by atoms with E-state index >= 15 is 0 Å². The summed E-state index contributed by atoms with van der Waals surface area (Å²) in [6, 6.07) is 10.8. The van der Waals surface area contributed by atoms with E-state index in [1.54, 1.807) is 18.2 Å². The van der Waals surface area contributed by atoms with Crippen LogP contribution in [0.3, 0.4) is 0 Å². The lowest BCUT2D eigenvalue weighted by atomic mass is 10.2. The molecule has 2 rings (SSSR count). The number of para-hydroxylation sites is 1. The van der Waals surface area contributed by atoms with Gasteiger partial charge in [-0.05, 0) is 36.8 Å². The summed E-state index contributed by atoms with van der Waals surface area (Å²) < 4.78 is 23.6. The van der Waals surface area contributed by atoms with Gasteiger partial charge >= 0.3 is 0 Å². The van der Waals surface area contributed by atoms with Crippen LogP contribution in [0.15, 0.2) is 42.5 Å². The summed E-state index contributed by atoms with van der Waals surface area (Å²) in [6.45, 7) is 1.07. The summed E-state index contributed by atoms with van der Waals surface area (Å²) in [5.74, 6) is -1.50. The molecule has 0 fully saturated rings. The smallest absolute Gasteiger partial charge is 0.276 e. The van der Waals surface area contributed by atoms with Gasteiger partial charge in [0.15, 0.2) is 24.8 Å². The minimum Gasteiger partial charge on any atom is -0.482 e. The van der Waals surface area contributed by atoms with Gasteiger partial charge in [-0.3, -0.25) is 20.4 Å². The highest BCUT2D eigenvalue weighted by molar-refractivity contribution is 6.32. The third kappa shape index (κ3) is 5.96. The first-order valence-electron chi connectivity index (χ1n) is 7.29. The minimum atomic E-state index is -0.648. The van der Waals surface area contributed by atoms with E-state index in [1.165, 1.54) is 18.2 Å². The second kappa shape index (κ2) is 8.89. The molecule has 6 nitrogen and oxygen atoms in total. The standard InChI is InChI=1S/C17H16ClFN2O4/c1-11-6-7-12(18)15(8-11)25-10-17(23)21-20-16(22)9-24-14-5-3-2-4-13(14)19/h2-8H,9-10H2,1H3,(H,20,22)(H,21,23). The van der Waals surface area contributed by atoms with Crippen molar-refractivity contribution in [2.45, 2.75) is 6.92 Å². The highest BCUT2D eigenvalue weighted by Crippen LogP contribution is 2.24. The van der Waals surface area contributed by atoms with Crippen LogP contribution in [0.5, 0.6) is 11.5 Å². The first-order valence-corrected chi connectivity index (χ1v) is 7.67. The fourth-order valence-electron chi connectivity index (χ4n) is 1.78. The molecule has 25 heavy (non-hydrogen) atoms. The number of amides is 2. The van der Waals surface area contributed by atoms with Crippen molar-refractivity contribution in [1.29, 1.82) is 0 Å². The van der Waals surface area contributed by atoms with Gasteiger partial charge < -0.3 is 9.47 Å². The van der Waals surface area contributed by atoms with Crippen LogP contribution in [0.2, 0.25) is 5.02 Å². The van der Waals surface area contributed by atoms with Gasteiger partial charge in [0.1, 0.15) is 5.75 Å². The summed E-state index contributed by atoms with van der Waals surface area (Å²) in [4.78, 5) is 23.2. The van der Waals surface area contributed by atoms with Gasteiger partial charge in [-0.1, -0.05) is 29.8 Å². The van der Waals surface area contributed by atoms with Crippen LogP contribution in [0.4, 0.5) is 4.39 Å². The van der Waals surface area contributed by atoms with Crippen molar-refractivity contribution >= 4 is 23.4 Å². The third-order valence-corrected chi connectivity index (χ3v) is 3.29. The molecule has 132 valence electrons. The number of hydrogen-bond donors (Lipinski definition) is 2. The molecule has 0 saturated heterocycles. The van der Waals surface area contributed by atoms with Crippen molar-refractivity contribution in [3.05, 3.63) is 58.9 Å². The van der Waals surface area contributed by atoms with Crippen LogP contribution < -0.4 is 20.3 Å². The molecule has 0 aliphatic heterocycles. The molecule has 8 heteroatoms. The quantitative estimate of drug-likeness (QED) is 0.770. The summed E-state index contributed by atoms with van der Waals surface area (Å²) in [7, 11) is 0. The highest BCUT2D eigenvalue weighted by atomic mass is 35.5. The average molecular weight is 367 g/mol. The lowest BCUT2D eigenvalue weighted by Gasteiger charge is -2.11. The van der Waals surface area contributed by atoms with Crippen LogP contribution in [-0.2, 0) is 9.59 Å². The zero-order valence-electron chi connectivity index (χ0n) is 13.3. The number of carbonyl (C=O) groups is 2. The Bertz CT molecular complexity index is 770. The molecule has 0 aliphatic carbocycles. The molecule has 2 amide bonds. The predicted molar refractivity (Wildman–Crippen MR) is 89.9 cm³/mol. The first-order chi connectivity index (χ1) is 12.0. The van der Waals surface area contributed by atoms with E-state index in [2.05, 4.69) is 10.9 Å². The Hall–Kier alpha value is -2.80. The topological polar surface area (TPSA) is 76.7 Å². The van der Waals surface area contributed by atoms with Crippen LogP contribution in [-0.4, -0.2) is 25.0 Å². The SMILES string of the molecule is Cc1ccc(Cl)c(OCC(=O)NNC(=O)COc2ccccc2F)c1. The lowest BCUT2D eigenvalue weighted by molar-refractivity contribution is -0.131. The molecule has 0 heterocycles. The number of carbonyl (C=O) groups excluding carboxylic acids is 2. The van der Waals surface area contributed by atoms with Gasteiger partial charge in [-0.15, -0.1) is 0 Å². The van der Waals surface area contributed by atoms with Crippen molar-refractivity contribution in [3.8, 4) is 11.5 Å². The number of halogens is 2. The fourth-order valence-corrected chi connectivity index (χ4v) is 1.95. The van der Waals surface area contributed by atoms with E-state index < -0.39 is 24.2 Å². The van der Waals surface area contributed by atoms with Crippen molar-refractivity contribution in [2.24, 2.45) is 0 Å². The number of aryl methyl sites for hydroxylation is 1. The van der Waals surface area contributed by atoms with Crippen molar-refractivity contribution in [3.63, 3.8) is 0 Å². The van der Waals surface area contributed by atoms with E-state index in [9.17, 15) is 14.0 Å². The van der Waals surface area contributed by atoms with Crippen molar-refractivity contribution in [2.75, 3.05) is 13.2 Å². The molecule has 2 aromatic rings. The van der Waals surface area contributed by atoms with Crippen LogP contribution >= 0.6 is 11.6 Å². The molecule has 0 spiro atoms. The van der Waals surface area contributed by atoms with Crippen LogP contribution in [0.1, 0.15) is 5.56 Å². The maximum atomic E-state index is 13.3. The number of hydrazine groups is 1. The molecule has 0 saturated carbocycles. The number of nitrogens with one attached hydrogen (secondary N) is 2. The Morgan fingerprint density at radius 2 is 1.60 bits per heavy atom. The van der Waals surface area contributed by atoms with Crippen molar-refractivity contribution in [1.82, 2.24) is 10.9 Å². The number of ether oxygens (including phenoxy) is 2. The second-order valence-electron chi connectivity index (χ2n) is 5.04. The monoisotopic (exact) mass is 366 g/mol. The summed E-state index contributed by atoms with van der Waals surface area (Å²) in [5.41, 5.74) is 5.22. The summed E-state index contributed by atoms with van der Waals surface area (Å²) >= 11 is 5.95. The lowest BCUT2D eigenvalue weighted by Crippen LogP contribution is -2.45. The molecule has 0 atom stereocenters. The maximum absolute atomic E-state index is 13.3. The van der Waals surface area contributed by atoms with E-state index in [0.717, 1.165) is 5.56 Å². The number of hydrogen-bond acceptors (Lipinski definition) is 4. The van der Waals surface area contributed by atoms with Crippen molar-refractivity contribution < 1.29 is 23.5 Å². The van der Waals surface area contributed by atoms with Gasteiger partial charge in [0, 0.05) is 0 Å². The van der Waals surface area contributed by atoms with Gasteiger partial charge in [-0.2, -0.15) is 0 Å². The summed E-state index contributed by atoms with van der Waals surface area (Å²) in [5, 5.41) is 0.376. The van der Waals surface area contributed by atoms with E-state index in [1.807, 2.05) is 13.0 Å². The molecular weight excluding hydrogens is 351 g/mol. The van der Waals surface area contributed by atoms with Crippen LogP contribution in [0, 0.1) is 12.7 Å². The van der Waals surface area contributed by atoms with E-state index in [4.69, 9.17) is 21.1 Å². The molecule has 0 radical (unpaired) electrons. The maximum Gasteiger partial charge on any atom is 0.276 e. The van der Waals surface area contributed by atoms with Gasteiger partial charge in [-0.25, -0.2) is 4.39 Å². The summed E-state index contributed by atoms with van der Waals surface area (Å²) in [6.07, 6.45) is 0. The van der Waals surface area contributed by atoms with Gasteiger partial charge in [0.25, 0.3) is 11.8 Å². The third-order valence-electron chi connectivity index (χ3n) is 2.98.